The van der Waals surface area contributed by atoms with E-state index in [-0.39, 0.29) is 5.91 Å². The highest BCUT2D eigenvalue weighted by molar-refractivity contribution is 9.10. The van der Waals surface area contributed by atoms with E-state index < -0.39 is 0 Å². The second kappa shape index (κ2) is 6.50. The number of aryl methyl sites for hydroxylation is 2. The molecule has 2 heterocycles. The summed E-state index contributed by atoms with van der Waals surface area (Å²) in [4.78, 5) is 19.8. The molecule has 0 aliphatic heterocycles. The van der Waals surface area contributed by atoms with Crippen molar-refractivity contribution in [3.63, 3.8) is 0 Å². The van der Waals surface area contributed by atoms with E-state index in [1.54, 1.807) is 9.58 Å². The van der Waals surface area contributed by atoms with Crippen LogP contribution in [0.1, 0.15) is 46.1 Å². The lowest BCUT2D eigenvalue weighted by atomic mass is 10.1. The van der Waals surface area contributed by atoms with Crippen molar-refractivity contribution in [1.82, 2.24) is 19.7 Å². The maximum Gasteiger partial charge on any atom is 0.254 e. The number of carbonyl (C=O) groups is 1. The van der Waals surface area contributed by atoms with Crippen LogP contribution in [0.5, 0.6) is 0 Å². The fourth-order valence-corrected chi connectivity index (χ4v) is 3.63. The van der Waals surface area contributed by atoms with Crippen molar-refractivity contribution in [3.8, 4) is 0 Å². The number of pyridine rings is 1. The van der Waals surface area contributed by atoms with Gasteiger partial charge in [-0.1, -0.05) is 28.1 Å². The van der Waals surface area contributed by atoms with Crippen molar-refractivity contribution < 1.29 is 4.79 Å². The zero-order valence-electron chi connectivity index (χ0n) is 15.2. The van der Waals surface area contributed by atoms with Gasteiger partial charge in [0.25, 0.3) is 5.91 Å². The number of rotatable bonds is 4. The van der Waals surface area contributed by atoms with E-state index in [4.69, 9.17) is 4.98 Å². The van der Waals surface area contributed by atoms with E-state index in [2.05, 4.69) is 21.0 Å². The first-order valence-electron chi connectivity index (χ1n) is 8.78. The van der Waals surface area contributed by atoms with E-state index in [1.807, 2.05) is 51.4 Å². The molecule has 1 amide bonds. The van der Waals surface area contributed by atoms with Crippen LogP contribution in [0, 0.1) is 6.92 Å². The summed E-state index contributed by atoms with van der Waals surface area (Å²) in [5.74, 6) is 0.497. The predicted octanol–water partition coefficient (Wildman–Crippen LogP) is 4.19. The molecule has 0 spiro atoms. The summed E-state index contributed by atoms with van der Waals surface area (Å²) < 4.78 is 2.81. The van der Waals surface area contributed by atoms with Crippen molar-refractivity contribution in [1.29, 1.82) is 0 Å². The number of fused-ring (bicyclic) bond motifs is 1. The zero-order valence-corrected chi connectivity index (χ0v) is 16.7. The van der Waals surface area contributed by atoms with E-state index in [0.717, 1.165) is 45.3 Å². The van der Waals surface area contributed by atoms with Crippen LogP contribution in [0.3, 0.4) is 0 Å². The van der Waals surface area contributed by atoms with Crippen LogP contribution in [0.15, 0.2) is 34.8 Å². The molecule has 1 fully saturated rings. The molecule has 1 aromatic carbocycles. The topological polar surface area (TPSA) is 51.0 Å². The number of hydrogen-bond donors (Lipinski definition) is 0. The molecular weight excluding hydrogens is 392 g/mol. The van der Waals surface area contributed by atoms with Gasteiger partial charge in [0.15, 0.2) is 5.65 Å². The molecule has 5 nitrogen and oxygen atoms in total. The van der Waals surface area contributed by atoms with Crippen LogP contribution in [0.4, 0.5) is 0 Å². The highest BCUT2D eigenvalue weighted by atomic mass is 79.9. The van der Waals surface area contributed by atoms with Gasteiger partial charge in [-0.25, -0.2) is 4.98 Å². The van der Waals surface area contributed by atoms with Crippen molar-refractivity contribution in [2.45, 2.75) is 32.2 Å². The minimum Gasteiger partial charge on any atom is -0.337 e. The van der Waals surface area contributed by atoms with Crippen LogP contribution in [-0.2, 0) is 13.6 Å². The lowest BCUT2D eigenvalue weighted by Crippen LogP contribution is -2.26. The minimum absolute atomic E-state index is 0.0123. The van der Waals surface area contributed by atoms with Crippen LogP contribution >= 0.6 is 15.9 Å². The monoisotopic (exact) mass is 412 g/mol. The lowest BCUT2D eigenvalue weighted by Gasteiger charge is -2.18. The van der Waals surface area contributed by atoms with Gasteiger partial charge in [-0.15, -0.1) is 0 Å². The molecule has 1 saturated carbocycles. The Morgan fingerprint density at radius 1 is 1.31 bits per heavy atom. The number of benzene rings is 1. The van der Waals surface area contributed by atoms with Gasteiger partial charge < -0.3 is 4.90 Å². The maximum atomic E-state index is 13.2. The Balaban J connectivity index is 1.72. The standard InChI is InChI=1S/C20H21BrN4O/c1-12-18-16(10-17(14-6-7-14)22-19(18)25(3)23-12)20(26)24(2)11-13-4-8-15(21)9-5-13/h4-5,8-10,14H,6-7,11H2,1-3H3. The van der Waals surface area contributed by atoms with Gasteiger partial charge in [0.2, 0.25) is 0 Å². The fraction of sp³-hybridized carbons (Fsp3) is 0.350. The molecule has 0 atom stereocenters. The summed E-state index contributed by atoms with van der Waals surface area (Å²) in [5, 5.41) is 5.35. The zero-order chi connectivity index (χ0) is 18.4. The average molecular weight is 413 g/mol. The van der Waals surface area contributed by atoms with Gasteiger partial charge >= 0.3 is 0 Å². The molecule has 4 rings (SSSR count). The third kappa shape index (κ3) is 3.14. The van der Waals surface area contributed by atoms with Gasteiger partial charge in [0, 0.05) is 36.7 Å². The molecule has 0 unspecified atom stereocenters. The smallest absolute Gasteiger partial charge is 0.254 e. The van der Waals surface area contributed by atoms with Crippen LogP contribution in [-0.4, -0.2) is 32.6 Å². The van der Waals surface area contributed by atoms with Crippen LogP contribution in [0.25, 0.3) is 11.0 Å². The van der Waals surface area contributed by atoms with E-state index in [0.29, 0.717) is 18.0 Å². The van der Waals surface area contributed by atoms with Crippen LogP contribution in [0.2, 0.25) is 0 Å². The number of aromatic nitrogens is 3. The van der Waals surface area contributed by atoms with Crippen molar-refractivity contribution in [2.24, 2.45) is 7.05 Å². The summed E-state index contributed by atoms with van der Waals surface area (Å²) >= 11 is 3.45. The van der Waals surface area contributed by atoms with Crippen LogP contribution < -0.4 is 0 Å². The van der Waals surface area contributed by atoms with Gasteiger partial charge in [-0.05, 0) is 43.5 Å². The Morgan fingerprint density at radius 2 is 2.00 bits per heavy atom. The highest BCUT2D eigenvalue weighted by Crippen LogP contribution is 2.40. The normalized spacial score (nSPS) is 14.0. The Kier molecular flexibility index (Phi) is 4.31. The minimum atomic E-state index is 0.0123. The molecule has 1 aliphatic carbocycles. The first-order valence-corrected chi connectivity index (χ1v) is 9.57. The maximum absolute atomic E-state index is 13.2. The highest BCUT2D eigenvalue weighted by Gasteiger charge is 2.29. The molecule has 2 aromatic heterocycles. The second-order valence-electron chi connectivity index (χ2n) is 7.06. The van der Waals surface area contributed by atoms with Gasteiger partial charge in [0.05, 0.1) is 16.6 Å². The first kappa shape index (κ1) is 17.2. The van der Waals surface area contributed by atoms with Gasteiger partial charge in [-0.3, -0.25) is 9.48 Å². The summed E-state index contributed by atoms with van der Waals surface area (Å²) in [7, 11) is 3.73. The number of nitrogens with zero attached hydrogens (tertiary/aromatic N) is 4. The van der Waals surface area contributed by atoms with E-state index >= 15 is 0 Å². The second-order valence-corrected chi connectivity index (χ2v) is 7.98. The molecule has 6 heteroatoms. The number of hydrogen-bond acceptors (Lipinski definition) is 3. The van der Waals surface area contributed by atoms with Crippen molar-refractivity contribution in [2.75, 3.05) is 7.05 Å². The largest absolute Gasteiger partial charge is 0.337 e. The molecule has 0 radical (unpaired) electrons. The molecule has 26 heavy (non-hydrogen) atoms. The quantitative estimate of drug-likeness (QED) is 0.645. The molecule has 0 N–H and O–H groups in total. The predicted molar refractivity (Wildman–Crippen MR) is 105 cm³/mol. The SMILES string of the molecule is Cc1nn(C)c2nc(C3CC3)cc(C(=O)N(C)Cc3ccc(Br)cc3)c12. The molecule has 0 bridgehead atoms. The van der Waals surface area contributed by atoms with Crippen molar-refractivity contribution in [3.05, 3.63) is 57.3 Å². The molecule has 0 saturated heterocycles. The molecule has 1 aliphatic rings. The van der Waals surface area contributed by atoms with E-state index in [1.165, 1.54) is 0 Å². The fourth-order valence-electron chi connectivity index (χ4n) is 3.36. The Labute approximate surface area is 161 Å². The number of amides is 1. The summed E-state index contributed by atoms with van der Waals surface area (Å²) in [6.07, 6.45) is 2.30. The molecular formula is C20H21BrN4O. The average Bonchev–Trinajstić information content (AvgIpc) is 3.42. The lowest BCUT2D eigenvalue weighted by molar-refractivity contribution is 0.0787. The Bertz CT molecular complexity index is 989. The van der Waals surface area contributed by atoms with Crippen molar-refractivity contribution >= 4 is 32.9 Å². The first-order chi connectivity index (χ1) is 12.4. The summed E-state index contributed by atoms with van der Waals surface area (Å²) in [5.41, 5.74) is 4.47. The summed E-state index contributed by atoms with van der Waals surface area (Å²) in [6, 6.07) is 10.0. The number of halogens is 1. The van der Waals surface area contributed by atoms with E-state index in [9.17, 15) is 4.79 Å². The van der Waals surface area contributed by atoms with Gasteiger partial charge in [0.1, 0.15) is 0 Å². The number of carbonyl (C=O) groups excluding carboxylic acids is 1. The summed E-state index contributed by atoms with van der Waals surface area (Å²) in [6.45, 7) is 2.50. The molecule has 134 valence electrons. The Morgan fingerprint density at radius 3 is 2.65 bits per heavy atom. The third-order valence-corrected chi connectivity index (χ3v) is 5.42. The Hall–Kier alpha value is -2.21. The third-order valence-electron chi connectivity index (χ3n) is 4.89. The molecule has 3 aromatic rings. The van der Waals surface area contributed by atoms with Gasteiger partial charge in [-0.2, -0.15) is 5.10 Å².